The Morgan fingerprint density at radius 1 is 1.15 bits per heavy atom. The van der Waals surface area contributed by atoms with Gasteiger partial charge in [-0.05, 0) is 75.8 Å². The fourth-order valence-corrected chi connectivity index (χ4v) is 4.68. The zero-order valence-electron chi connectivity index (χ0n) is 23.9. The number of carbonyl (C=O) groups excluding carboxylic acids is 2. The first-order valence-electron chi connectivity index (χ1n) is 13.6. The Bertz CT molecular complexity index is 1200. The molecule has 2 amide bonds. The van der Waals surface area contributed by atoms with Gasteiger partial charge in [0, 0.05) is 37.9 Å². The summed E-state index contributed by atoms with van der Waals surface area (Å²) in [6.07, 6.45) is 2.09. The van der Waals surface area contributed by atoms with Crippen molar-refractivity contribution >= 4 is 17.8 Å². The van der Waals surface area contributed by atoms with Gasteiger partial charge in [0.05, 0.1) is 19.3 Å². The van der Waals surface area contributed by atoms with Gasteiger partial charge in [-0.15, -0.1) is 0 Å². The lowest BCUT2D eigenvalue weighted by Crippen LogP contribution is -2.54. The van der Waals surface area contributed by atoms with E-state index >= 15 is 0 Å². The van der Waals surface area contributed by atoms with E-state index in [1.165, 1.54) is 18.4 Å². The summed E-state index contributed by atoms with van der Waals surface area (Å²) in [4.78, 5) is 32.2. The molecule has 0 unspecified atom stereocenters. The lowest BCUT2D eigenvalue weighted by Gasteiger charge is -2.40. The molecule has 1 aliphatic heterocycles. The minimum Gasteiger partial charge on any atom is -0.481 e. The van der Waals surface area contributed by atoms with Crippen molar-refractivity contribution in [2.24, 2.45) is 0 Å². The van der Waals surface area contributed by atoms with Crippen LogP contribution in [0.1, 0.15) is 61.5 Å². The number of anilines is 1. The van der Waals surface area contributed by atoms with E-state index in [4.69, 9.17) is 18.9 Å². The molecule has 2 atom stereocenters. The predicted octanol–water partition coefficient (Wildman–Crippen LogP) is 3.49. The number of nitrogens with zero attached hydrogens (tertiary/aromatic N) is 2. The second-order valence-corrected chi connectivity index (χ2v) is 11.2. The van der Waals surface area contributed by atoms with Gasteiger partial charge in [-0.25, -0.2) is 4.79 Å². The zero-order valence-corrected chi connectivity index (χ0v) is 23.9. The molecule has 1 aliphatic carbocycles. The first-order chi connectivity index (χ1) is 19.1. The molecule has 3 N–H and O–H groups in total. The third-order valence-electron chi connectivity index (χ3n) is 6.97. The highest BCUT2D eigenvalue weighted by atomic mass is 16.7. The molecule has 2 aromatic rings. The number of hydrogen-bond acceptors (Lipinski definition) is 9. The monoisotopic (exact) mass is 556 g/mol. The number of amides is 2. The van der Waals surface area contributed by atoms with E-state index in [2.05, 4.69) is 15.6 Å². The molecule has 2 aliphatic rings. The quantitative estimate of drug-likeness (QED) is 0.376. The topological polar surface area (TPSA) is 131 Å². The molecular formula is C29H40N4O7. The number of nitrogens with one attached hydrogen (secondary N) is 2. The second kappa shape index (κ2) is 12.7. The Hall–Kier alpha value is -3.57. The van der Waals surface area contributed by atoms with Crippen LogP contribution >= 0.6 is 0 Å². The summed E-state index contributed by atoms with van der Waals surface area (Å²) in [7, 11) is 3.05. The largest absolute Gasteiger partial charge is 0.481 e. The van der Waals surface area contributed by atoms with Crippen LogP contribution < -0.4 is 20.1 Å². The van der Waals surface area contributed by atoms with Gasteiger partial charge < -0.3 is 34.7 Å². The Labute approximate surface area is 235 Å². The van der Waals surface area contributed by atoms with Gasteiger partial charge in [0.2, 0.25) is 5.88 Å². The average molecular weight is 557 g/mol. The van der Waals surface area contributed by atoms with Crippen LogP contribution in [0.25, 0.3) is 0 Å². The van der Waals surface area contributed by atoms with Crippen LogP contribution in [0.3, 0.4) is 0 Å². The van der Waals surface area contributed by atoms with E-state index in [-0.39, 0.29) is 25.8 Å². The SMILES string of the molecule is COCOc1ccc2c(c1)CN(C(=O)OC(C)(C)C)[C@H]([C@H](O)CNC(=O)c1cc(NC3CCC3)nc(OC)c1)C2. The Morgan fingerprint density at radius 2 is 1.93 bits per heavy atom. The van der Waals surface area contributed by atoms with Crippen molar-refractivity contribution in [3.05, 3.63) is 47.0 Å². The van der Waals surface area contributed by atoms with Crippen molar-refractivity contribution in [1.82, 2.24) is 15.2 Å². The zero-order chi connectivity index (χ0) is 28.9. The van der Waals surface area contributed by atoms with E-state index in [0.717, 1.165) is 24.0 Å². The number of ether oxygens (including phenoxy) is 4. The number of benzene rings is 1. The van der Waals surface area contributed by atoms with Crippen LogP contribution in [0, 0.1) is 0 Å². The van der Waals surface area contributed by atoms with Gasteiger partial charge >= 0.3 is 6.09 Å². The maximum Gasteiger partial charge on any atom is 0.410 e. The van der Waals surface area contributed by atoms with E-state index < -0.39 is 23.8 Å². The molecule has 0 bridgehead atoms. The normalized spacial score (nSPS) is 17.8. The minimum absolute atomic E-state index is 0.0663. The highest BCUT2D eigenvalue weighted by molar-refractivity contribution is 5.95. The molecule has 11 nitrogen and oxygen atoms in total. The van der Waals surface area contributed by atoms with Crippen molar-refractivity contribution in [2.45, 2.75) is 76.8 Å². The Balaban J connectivity index is 1.48. The molecular weight excluding hydrogens is 516 g/mol. The molecule has 4 rings (SSSR count). The van der Waals surface area contributed by atoms with E-state index in [1.807, 2.05) is 18.2 Å². The van der Waals surface area contributed by atoms with Crippen molar-refractivity contribution in [2.75, 3.05) is 32.9 Å². The van der Waals surface area contributed by atoms with E-state index in [1.54, 1.807) is 40.0 Å². The highest BCUT2D eigenvalue weighted by Gasteiger charge is 2.37. The average Bonchev–Trinajstić information content (AvgIpc) is 2.90. The molecule has 218 valence electrons. The summed E-state index contributed by atoms with van der Waals surface area (Å²) in [6, 6.07) is 8.58. The van der Waals surface area contributed by atoms with Crippen LogP contribution in [0.2, 0.25) is 0 Å². The molecule has 1 fully saturated rings. The molecule has 1 saturated carbocycles. The van der Waals surface area contributed by atoms with Crippen molar-refractivity contribution in [3.8, 4) is 11.6 Å². The summed E-state index contributed by atoms with van der Waals surface area (Å²) >= 11 is 0. The standard InChI is InChI=1S/C29H40N4O7/c1-29(2,3)40-28(36)33-16-20-11-22(39-17-37-4)10-9-18(20)12-23(33)24(34)15-30-27(35)19-13-25(31-21-7-6-8-21)32-26(14-19)38-5/h9-11,13-14,21,23-24,34H,6-8,12,15-17H2,1-5H3,(H,30,35)(H,31,32)/t23-,24+/m0/s1. The third-order valence-corrected chi connectivity index (χ3v) is 6.97. The Kier molecular flexibility index (Phi) is 9.36. The molecule has 0 saturated heterocycles. The second-order valence-electron chi connectivity index (χ2n) is 11.2. The Morgan fingerprint density at radius 3 is 2.58 bits per heavy atom. The summed E-state index contributed by atoms with van der Waals surface area (Å²) in [5.74, 6) is 1.14. The third kappa shape index (κ3) is 7.54. The van der Waals surface area contributed by atoms with Gasteiger partial charge in [-0.3, -0.25) is 9.69 Å². The molecule has 0 radical (unpaired) electrons. The number of fused-ring (bicyclic) bond motifs is 1. The molecule has 11 heteroatoms. The van der Waals surface area contributed by atoms with E-state index in [9.17, 15) is 14.7 Å². The fraction of sp³-hybridized carbons (Fsp3) is 0.552. The number of methoxy groups -OCH3 is 2. The molecule has 2 heterocycles. The lowest BCUT2D eigenvalue weighted by atomic mass is 9.91. The highest BCUT2D eigenvalue weighted by Crippen LogP contribution is 2.30. The molecule has 40 heavy (non-hydrogen) atoms. The fourth-order valence-electron chi connectivity index (χ4n) is 4.68. The first kappa shape index (κ1) is 29.4. The summed E-state index contributed by atoms with van der Waals surface area (Å²) in [5.41, 5.74) is 1.52. The van der Waals surface area contributed by atoms with Crippen molar-refractivity contribution in [3.63, 3.8) is 0 Å². The van der Waals surface area contributed by atoms with Crippen LogP contribution in [0.5, 0.6) is 11.6 Å². The first-order valence-corrected chi connectivity index (χ1v) is 13.6. The predicted molar refractivity (Wildman–Crippen MR) is 149 cm³/mol. The number of carbonyl (C=O) groups is 2. The molecule has 1 aromatic heterocycles. The maximum absolute atomic E-state index is 13.2. The number of hydrogen-bond donors (Lipinski definition) is 3. The van der Waals surface area contributed by atoms with Gasteiger partial charge in [0.15, 0.2) is 6.79 Å². The van der Waals surface area contributed by atoms with Gasteiger partial charge in [-0.1, -0.05) is 6.07 Å². The van der Waals surface area contributed by atoms with Crippen LogP contribution in [-0.2, 0) is 22.4 Å². The van der Waals surface area contributed by atoms with Crippen LogP contribution in [0.4, 0.5) is 10.6 Å². The van der Waals surface area contributed by atoms with Crippen molar-refractivity contribution in [1.29, 1.82) is 0 Å². The maximum atomic E-state index is 13.2. The van der Waals surface area contributed by atoms with Gasteiger partial charge in [-0.2, -0.15) is 4.98 Å². The number of aliphatic hydroxyl groups is 1. The minimum atomic E-state index is -1.05. The summed E-state index contributed by atoms with van der Waals surface area (Å²) in [6.45, 7) is 5.65. The number of rotatable bonds is 10. The van der Waals surface area contributed by atoms with Gasteiger partial charge in [0.1, 0.15) is 17.2 Å². The molecule has 1 aromatic carbocycles. The van der Waals surface area contributed by atoms with Crippen LogP contribution in [-0.4, -0.2) is 78.3 Å². The number of aliphatic hydroxyl groups excluding tert-OH is 1. The van der Waals surface area contributed by atoms with Gasteiger partial charge in [0.25, 0.3) is 5.91 Å². The van der Waals surface area contributed by atoms with Crippen molar-refractivity contribution < 1.29 is 33.6 Å². The lowest BCUT2D eigenvalue weighted by molar-refractivity contribution is -0.0114. The summed E-state index contributed by atoms with van der Waals surface area (Å²) < 4.78 is 21.5. The number of pyridine rings is 1. The molecule has 0 spiro atoms. The smallest absolute Gasteiger partial charge is 0.410 e. The van der Waals surface area contributed by atoms with Crippen LogP contribution in [0.15, 0.2) is 30.3 Å². The van der Waals surface area contributed by atoms with E-state index in [0.29, 0.717) is 35.5 Å². The number of aromatic nitrogens is 1. The summed E-state index contributed by atoms with van der Waals surface area (Å²) in [5, 5.41) is 17.4.